The molecule has 0 bridgehead atoms. The van der Waals surface area contributed by atoms with Gasteiger partial charge in [-0.25, -0.2) is 0 Å². The van der Waals surface area contributed by atoms with Crippen molar-refractivity contribution in [2.45, 2.75) is 38.3 Å². The van der Waals surface area contributed by atoms with Crippen molar-refractivity contribution in [1.82, 2.24) is 0 Å². The third-order valence-corrected chi connectivity index (χ3v) is 4.81. The minimum absolute atomic E-state index is 0.245. The van der Waals surface area contributed by atoms with E-state index in [4.69, 9.17) is 5.73 Å². The first-order chi connectivity index (χ1) is 10.3. The van der Waals surface area contributed by atoms with Crippen LogP contribution in [0.4, 0.5) is 5.69 Å². The van der Waals surface area contributed by atoms with E-state index < -0.39 is 0 Å². The molecule has 1 unspecified atom stereocenters. The van der Waals surface area contributed by atoms with Gasteiger partial charge in [-0.1, -0.05) is 36.4 Å². The van der Waals surface area contributed by atoms with Crippen LogP contribution in [0, 0.1) is 0 Å². The van der Waals surface area contributed by atoms with Crippen LogP contribution in [-0.4, -0.2) is 12.6 Å². The predicted molar refractivity (Wildman–Crippen MR) is 87.6 cm³/mol. The fourth-order valence-electron chi connectivity index (χ4n) is 3.81. The maximum Gasteiger partial charge on any atom is 0.0430 e. The Morgan fingerprint density at radius 2 is 1.86 bits per heavy atom. The molecule has 0 saturated heterocycles. The molecule has 2 aliphatic rings. The average Bonchev–Trinajstić information content (AvgIpc) is 2.94. The second kappa shape index (κ2) is 5.19. The highest BCUT2D eigenvalue weighted by Crippen LogP contribution is 2.29. The normalized spacial score (nSPS) is 20.2. The number of nitrogens with two attached hydrogens (primary N) is 1. The number of para-hydroxylation sites is 1. The highest BCUT2D eigenvalue weighted by molar-refractivity contribution is 5.56. The first-order valence-corrected chi connectivity index (χ1v) is 7.99. The van der Waals surface area contributed by atoms with Gasteiger partial charge in [0, 0.05) is 24.8 Å². The number of benzene rings is 2. The van der Waals surface area contributed by atoms with Gasteiger partial charge in [-0.2, -0.15) is 0 Å². The molecule has 2 N–H and O–H groups in total. The Hall–Kier alpha value is -1.80. The lowest BCUT2D eigenvalue weighted by Gasteiger charge is -2.34. The SMILES string of the molecule is NC1Cc2ccccc2N(Cc2ccc3c(c2)CCC3)C1. The van der Waals surface area contributed by atoms with Gasteiger partial charge in [0.15, 0.2) is 0 Å². The van der Waals surface area contributed by atoms with Crippen LogP contribution < -0.4 is 10.6 Å². The van der Waals surface area contributed by atoms with Crippen molar-refractivity contribution in [1.29, 1.82) is 0 Å². The van der Waals surface area contributed by atoms with Gasteiger partial charge in [0.2, 0.25) is 0 Å². The number of fused-ring (bicyclic) bond motifs is 2. The maximum atomic E-state index is 6.24. The summed E-state index contributed by atoms with van der Waals surface area (Å²) in [5, 5.41) is 0. The van der Waals surface area contributed by atoms with Gasteiger partial charge in [0.1, 0.15) is 0 Å². The maximum absolute atomic E-state index is 6.24. The molecule has 2 nitrogen and oxygen atoms in total. The minimum Gasteiger partial charge on any atom is -0.365 e. The van der Waals surface area contributed by atoms with Crippen LogP contribution in [0.3, 0.4) is 0 Å². The zero-order chi connectivity index (χ0) is 14.2. The highest BCUT2D eigenvalue weighted by atomic mass is 15.2. The number of rotatable bonds is 2. The quantitative estimate of drug-likeness (QED) is 0.915. The van der Waals surface area contributed by atoms with Crippen molar-refractivity contribution < 1.29 is 0 Å². The van der Waals surface area contributed by atoms with E-state index in [1.807, 2.05) is 0 Å². The summed E-state index contributed by atoms with van der Waals surface area (Å²) < 4.78 is 0. The fourth-order valence-corrected chi connectivity index (χ4v) is 3.81. The van der Waals surface area contributed by atoms with Crippen LogP contribution in [0.2, 0.25) is 0 Å². The van der Waals surface area contributed by atoms with Gasteiger partial charge in [0.25, 0.3) is 0 Å². The molecule has 0 fully saturated rings. The van der Waals surface area contributed by atoms with Crippen molar-refractivity contribution in [3.05, 3.63) is 64.7 Å². The minimum atomic E-state index is 0.245. The molecule has 0 saturated carbocycles. The summed E-state index contributed by atoms with van der Waals surface area (Å²) in [6.45, 7) is 1.92. The Morgan fingerprint density at radius 1 is 1.00 bits per heavy atom. The summed E-state index contributed by atoms with van der Waals surface area (Å²) in [5.74, 6) is 0. The molecule has 21 heavy (non-hydrogen) atoms. The van der Waals surface area contributed by atoms with Crippen LogP contribution in [0.25, 0.3) is 0 Å². The lowest BCUT2D eigenvalue weighted by molar-refractivity contribution is 0.599. The molecule has 108 valence electrons. The van der Waals surface area contributed by atoms with Crippen LogP contribution in [0.15, 0.2) is 42.5 Å². The third kappa shape index (κ3) is 2.44. The Kier molecular flexibility index (Phi) is 3.19. The second-order valence-electron chi connectivity index (χ2n) is 6.43. The zero-order valence-corrected chi connectivity index (χ0v) is 12.4. The molecule has 1 aliphatic carbocycles. The van der Waals surface area contributed by atoms with Gasteiger partial charge in [-0.05, 0) is 54.0 Å². The molecule has 4 rings (SSSR count). The number of hydrogen-bond acceptors (Lipinski definition) is 2. The number of anilines is 1. The summed E-state index contributed by atoms with van der Waals surface area (Å²) >= 11 is 0. The van der Waals surface area contributed by atoms with Crippen molar-refractivity contribution in [2.75, 3.05) is 11.4 Å². The van der Waals surface area contributed by atoms with Gasteiger partial charge < -0.3 is 10.6 Å². The summed E-state index contributed by atoms with van der Waals surface area (Å²) in [7, 11) is 0. The van der Waals surface area contributed by atoms with E-state index in [0.717, 1.165) is 19.5 Å². The molecule has 2 aromatic rings. The van der Waals surface area contributed by atoms with Gasteiger partial charge >= 0.3 is 0 Å². The number of hydrogen-bond donors (Lipinski definition) is 1. The van der Waals surface area contributed by atoms with E-state index in [2.05, 4.69) is 47.4 Å². The molecule has 2 heteroatoms. The standard InChI is InChI=1S/C19H22N2/c20-18-11-17-4-1-2-7-19(17)21(13-18)12-14-8-9-15-5-3-6-16(15)10-14/h1-2,4,7-10,18H,3,5-6,11-13,20H2. The summed E-state index contributed by atoms with van der Waals surface area (Å²) in [6, 6.07) is 16.0. The number of nitrogens with zero attached hydrogens (tertiary/aromatic N) is 1. The van der Waals surface area contributed by atoms with E-state index in [9.17, 15) is 0 Å². The first kappa shape index (κ1) is 12.9. The van der Waals surface area contributed by atoms with E-state index in [1.165, 1.54) is 36.1 Å². The smallest absolute Gasteiger partial charge is 0.0430 e. The van der Waals surface area contributed by atoms with E-state index >= 15 is 0 Å². The number of aryl methyl sites for hydroxylation is 2. The summed E-state index contributed by atoms with van der Waals surface area (Å²) in [6.07, 6.45) is 4.82. The van der Waals surface area contributed by atoms with Gasteiger partial charge in [-0.15, -0.1) is 0 Å². The zero-order valence-electron chi connectivity index (χ0n) is 12.4. The molecule has 0 radical (unpaired) electrons. The van der Waals surface area contributed by atoms with Crippen LogP contribution in [0.5, 0.6) is 0 Å². The Morgan fingerprint density at radius 3 is 2.81 bits per heavy atom. The molecule has 1 heterocycles. The molecular formula is C19H22N2. The third-order valence-electron chi connectivity index (χ3n) is 4.81. The summed E-state index contributed by atoms with van der Waals surface area (Å²) in [4.78, 5) is 2.44. The topological polar surface area (TPSA) is 29.3 Å². The van der Waals surface area contributed by atoms with Crippen molar-refractivity contribution in [2.24, 2.45) is 5.73 Å². The van der Waals surface area contributed by atoms with Gasteiger partial charge in [-0.3, -0.25) is 0 Å². The Balaban J connectivity index is 1.62. The van der Waals surface area contributed by atoms with Crippen molar-refractivity contribution >= 4 is 5.69 Å². The van der Waals surface area contributed by atoms with Crippen LogP contribution >= 0.6 is 0 Å². The van der Waals surface area contributed by atoms with E-state index in [1.54, 1.807) is 11.1 Å². The second-order valence-corrected chi connectivity index (χ2v) is 6.43. The van der Waals surface area contributed by atoms with Crippen molar-refractivity contribution in [3.63, 3.8) is 0 Å². The highest BCUT2D eigenvalue weighted by Gasteiger charge is 2.22. The Bertz CT molecular complexity index is 662. The monoisotopic (exact) mass is 278 g/mol. The molecule has 1 atom stereocenters. The largest absolute Gasteiger partial charge is 0.365 e. The van der Waals surface area contributed by atoms with E-state index in [-0.39, 0.29) is 6.04 Å². The fraction of sp³-hybridized carbons (Fsp3) is 0.368. The first-order valence-electron chi connectivity index (χ1n) is 7.99. The molecule has 0 aromatic heterocycles. The lowest BCUT2D eigenvalue weighted by atomic mass is 9.97. The molecule has 1 aliphatic heterocycles. The lowest BCUT2D eigenvalue weighted by Crippen LogP contribution is -2.42. The molecule has 2 aromatic carbocycles. The molecular weight excluding hydrogens is 256 g/mol. The van der Waals surface area contributed by atoms with Gasteiger partial charge in [0.05, 0.1) is 0 Å². The predicted octanol–water partition coefficient (Wildman–Crippen LogP) is 3.07. The van der Waals surface area contributed by atoms with Crippen molar-refractivity contribution in [3.8, 4) is 0 Å². The Labute approximate surface area is 126 Å². The molecule has 0 amide bonds. The summed E-state index contributed by atoms with van der Waals surface area (Å²) in [5.41, 5.74) is 13.5. The average molecular weight is 278 g/mol. The van der Waals surface area contributed by atoms with Crippen LogP contribution in [-0.2, 0) is 25.8 Å². The van der Waals surface area contributed by atoms with E-state index in [0.29, 0.717) is 0 Å². The van der Waals surface area contributed by atoms with Crippen LogP contribution in [0.1, 0.15) is 28.7 Å². The molecule has 0 spiro atoms.